The molecule has 3 rings (SSSR count). The van der Waals surface area contributed by atoms with Gasteiger partial charge in [-0.15, -0.1) is 11.3 Å². The summed E-state index contributed by atoms with van der Waals surface area (Å²) in [5.41, 5.74) is 1.04. The second-order valence-electron chi connectivity index (χ2n) is 6.58. The minimum atomic E-state index is -0.743. The Morgan fingerprint density at radius 2 is 2.00 bits per heavy atom. The minimum absolute atomic E-state index is 0.0960. The average Bonchev–Trinajstić information content (AvgIpc) is 3.19. The van der Waals surface area contributed by atoms with Crippen LogP contribution >= 0.6 is 11.3 Å². The largest absolute Gasteiger partial charge is 0.490 e. The second kappa shape index (κ2) is 9.24. The number of benzene rings is 1. The van der Waals surface area contributed by atoms with Crippen molar-refractivity contribution in [2.45, 2.75) is 45.2 Å². The standard InChI is InChI=1S/C21H27NO4S/c1-3-25-17-11-10-15(14-18(17)26-4-2)20(19-9-7-13-27-19)22-12-6-5-8-16(22)21(23)24/h7,9-11,13-14,16,20H,3-6,8,12H2,1-2H3,(H,23,24). The molecule has 146 valence electrons. The molecule has 0 spiro atoms. The molecule has 0 aliphatic carbocycles. The summed E-state index contributed by atoms with van der Waals surface area (Å²) in [7, 11) is 0. The van der Waals surface area contributed by atoms with E-state index >= 15 is 0 Å². The maximum absolute atomic E-state index is 11.9. The lowest BCUT2D eigenvalue weighted by atomic mass is 9.95. The summed E-state index contributed by atoms with van der Waals surface area (Å²) < 4.78 is 11.5. The van der Waals surface area contributed by atoms with Crippen LogP contribution < -0.4 is 9.47 Å². The van der Waals surface area contributed by atoms with E-state index < -0.39 is 12.0 Å². The summed E-state index contributed by atoms with van der Waals surface area (Å²) in [5, 5.41) is 11.8. The van der Waals surface area contributed by atoms with E-state index in [4.69, 9.17) is 9.47 Å². The first-order valence-electron chi connectivity index (χ1n) is 9.57. The van der Waals surface area contributed by atoms with Gasteiger partial charge in [-0.3, -0.25) is 9.69 Å². The van der Waals surface area contributed by atoms with Crippen LogP contribution in [0.1, 0.15) is 49.6 Å². The van der Waals surface area contributed by atoms with Gasteiger partial charge in [0, 0.05) is 4.88 Å². The van der Waals surface area contributed by atoms with Gasteiger partial charge in [-0.1, -0.05) is 18.6 Å². The van der Waals surface area contributed by atoms with Crippen molar-refractivity contribution in [2.75, 3.05) is 19.8 Å². The van der Waals surface area contributed by atoms with Crippen molar-refractivity contribution in [3.8, 4) is 11.5 Å². The highest BCUT2D eigenvalue weighted by molar-refractivity contribution is 7.10. The van der Waals surface area contributed by atoms with Crippen LogP contribution in [0.15, 0.2) is 35.7 Å². The van der Waals surface area contributed by atoms with Crippen molar-refractivity contribution in [3.63, 3.8) is 0 Å². The lowest BCUT2D eigenvalue weighted by molar-refractivity contribution is -0.145. The molecule has 1 aliphatic heterocycles. The van der Waals surface area contributed by atoms with Crippen molar-refractivity contribution in [3.05, 3.63) is 46.2 Å². The van der Waals surface area contributed by atoms with Gasteiger partial charge in [0.2, 0.25) is 0 Å². The van der Waals surface area contributed by atoms with Crippen LogP contribution in [0, 0.1) is 0 Å². The van der Waals surface area contributed by atoms with Gasteiger partial charge < -0.3 is 14.6 Å². The first kappa shape index (κ1) is 19.7. The fourth-order valence-corrected chi connectivity index (χ4v) is 4.60. The van der Waals surface area contributed by atoms with Gasteiger partial charge >= 0.3 is 5.97 Å². The van der Waals surface area contributed by atoms with Crippen molar-refractivity contribution >= 4 is 17.3 Å². The molecule has 2 aromatic rings. The average molecular weight is 390 g/mol. The number of thiophene rings is 1. The smallest absolute Gasteiger partial charge is 0.320 e. The number of carboxylic acids is 1. The molecule has 6 heteroatoms. The van der Waals surface area contributed by atoms with E-state index in [-0.39, 0.29) is 6.04 Å². The van der Waals surface area contributed by atoms with Gasteiger partial charge in [0.1, 0.15) is 6.04 Å². The molecule has 1 aromatic heterocycles. The molecule has 1 aromatic carbocycles. The molecular formula is C21H27NO4S. The fraction of sp³-hybridized carbons (Fsp3) is 0.476. The van der Waals surface area contributed by atoms with Gasteiger partial charge in [0.15, 0.2) is 11.5 Å². The molecule has 1 aliphatic rings. The minimum Gasteiger partial charge on any atom is -0.490 e. The number of aliphatic carboxylic acids is 1. The zero-order valence-electron chi connectivity index (χ0n) is 15.9. The fourth-order valence-electron chi connectivity index (χ4n) is 3.73. The third kappa shape index (κ3) is 4.45. The van der Waals surface area contributed by atoms with Crippen molar-refractivity contribution in [1.29, 1.82) is 0 Å². The van der Waals surface area contributed by atoms with Gasteiger partial charge in [-0.05, 0) is 62.4 Å². The maximum atomic E-state index is 11.9. The summed E-state index contributed by atoms with van der Waals surface area (Å²) in [6, 6.07) is 9.51. The molecule has 0 radical (unpaired) electrons. The molecule has 0 saturated carbocycles. The topological polar surface area (TPSA) is 59.0 Å². The zero-order chi connectivity index (χ0) is 19.2. The Hall–Kier alpha value is -2.05. The molecule has 27 heavy (non-hydrogen) atoms. The predicted octanol–water partition coefficient (Wildman–Crippen LogP) is 4.57. The Balaban J connectivity index is 2.03. The Bertz CT molecular complexity index is 747. The third-order valence-electron chi connectivity index (χ3n) is 4.86. The van der Waals surface area contributed by atoms with Crippen molar-refractivity contribution in [2.24, 2.45) is 0 Å². The van der Waals surface area contributed by atoms with E-state index in [2.05, 4.69) is 11.0 Å². The number of ether oxygens (including phenoxy) is 2. The number of rotatable bonds is 8. The van der Waals surface area contributed by atoms with Crippen LogP contribution in [-0.4, -0.2) is 41.8 Å². The van der Waals surface area contributed by atoms with E-state index in [1.165, 1.54) is 0 Å². The number of hydrogen-bond donors (Lipinski definition) is 1. The van der Waals surface area contributed by atoms with E-state index in [9.17, 15) is 9.90 Å². The Morgan fingerprint density at radius 3 is 2.67 bits per heavy atom. The van der Waals surface area contributed by atoms with E-state index in [0.717, 1.165) is 35.6 Å². The van der Waals surface area contributed by atoms with Crippen LogP contribution in [0.2, 0.25) is 0 Å². The normalized spacial score (nSPS) is 18.8. The van der Waals surface area contributed by atoms with Crippen LogP contribution in [0.4, 0.5) is 0 Å². The van der Waals surface area contributed by atoms with Crippen molar-refractivity contribution in [1.82, 2.24) is 4.90 Å². The van der Waals surface area contributed by atoms with E-state index in [1.54, 1.807) is 11.3 Å². The molecule has 0 bridgehead atoms. The van der Waals surface area contributed by atoms with Gasteiger partial charge in [-0.2, -0.15) is 0 Å². The second-order valence-corrected chi connectivity index (χ2v) is 7.56. The molecule has 0 amide bonds. The van der Waals surface area contributed by atoms with Crippen LogP contribution in [0.3, 0.4) is 0 Å². The van der Waals surface area contributed by atoms with E-state index in [0.29, 0.717) is 25.4 Å². The van der Waals surface area contributed by atoms with Crippen LogP contribution in [0.5, 0.6) is 11.5 Å². The van der Waals surface area contributed by atoms with Gasteiger partial charge in [-0.25, -0.2) is 0 Å². The zero-order valence-corrected chi connectivity index (χ0v) is 16.7. The quantitative estimate of drug-likeness (QED) is 0.716. The Kier molecular flexibility index (Phi) is 6.74. The van der Waals surface area contributed by atoms with Crippen molar-refractivity contribution < 1.29 is 19.4 Å². The molecule has 2 unspecified atom stereocenters. The third-order valence-corrected chi connectivity index (χ3v) is 5.78. The number of piperidine rings is 1. The summed E-state index contributed by atoms with van der Waals surface area (Å²) in [6.45, 7) is 5.79. The highest BCUT2D eigenvalue weighted by atomic mass is 32.1. The molecule has 1 fully saturated rings. The molecule has 2 heterocycles. The highest BCUT2D eigenvalue weighted by Crippen LogP contribution is 2.39. The molecule has 5 nitrogen and oxygen atoms in total. The first-order chi connectivity index (χ1) is 13.2. The Labute approximate surface area is 164 Å². The first-order valence-corrected chi connectivity index (χ1v) is 10.4. The maximum Gasteiger partial charge on any atom is 0.320 e. The molecular weight excluding hydrogens is 362 g/mol. The van der Waals surface area contributed by atoms with Gasteiger partial charge in [0.25, 0.3) is 0 Å². The van der Waals surface area contributed by atoms with Gasteiger partial charge in [0.05, 0.1) is 19.3 Å². The number of nitrogens with zero attached hydrogens (tertiary/aromatic N) is 1. The summed E-state index contributed by atoms with van der Waals surface area (Å²) in [4.78, 5) is 15.2. The Morgan fingerprint density at radius 1 is 1.22 bits per heavy atom. The monoisotopic (exact) mass is 389 g/mol. The summed E-state index contributed by atoms with van der Waals surface area (Å²) in [6.07, 6.45) is 2.66. The lowest BCUT2D eigenvalue weighted by Gasteiger charge is -2.39. The summed E-state index contributed by atoms with van der Waals surface area (Å²) >= 11 is 1.66. The SMILES string of the molecule is CCOc1ccc(C(c2cccs2)N2CCCCC2C(=O)O)cc1OCC. The molecule has 2 atom stereocenters. The predicted molar refractivity (Wildman–Crippen MR) is 107 cm³/mol. The number of carboxylic acid groups (broad SMARTS) is 1. The molecule has 1 saturated heterocycles. The summed E-state index contributed by atoms with van der Waals surface area (Å²) in [5.74, 6) is 0.691. The number of carbonyl (C=O) groups is 1. The number of likely N-dealkylation sites (tertiary alicyclic amines) is 1. The molecule has 1 N–H and O–H groups in total. The van der Waals surface area contributed by atoms with Crippen LogP contribution in [-0.2, 0) is 4.79 Å². The lowest BCUT2D eigenvalue weighted by Crippen LogP contribution is -2.46. The van der Waals surface area contributed by atoms with E-state index in [1.807, 2.05) is 43.5 Å². The van der Waals surface area contributed by atoms with Crippen LogP contribution in [0.25, 0.3) is 0 Å². The highest BCUT2D eigenvalue weighted by Gasteiger charge is 2.35. The number of hydrogen-bond acceptors (Lipinski definition) is 5.